The fourth-order valence-electron chi connectivity index (χ4n) is 4.61. The molecule has 0 radical (unpaired) electrons. The number of alkyl halides is 3. The van der Waals surface area contributed by atoms with Gasteiger partial charge in [-0.3, -0.25) is 4.98 Å². The van der Waals surface area contributed by atoms with E-state index in [4.69, 9.17) is 4.74 Å². The van der Waals surface area contributed by atoms with E-state index in [-0.39, 0.29) is 17.3 Å². The third-order valence-corrected chi connectivity index (χ3v) is 7.93. The number of fused-ring (bicyclic) bond motifs is 1. The SMILES string of the molecule is COC(=O)c1c(-c2ccc(S(=O)(=O)N[C@@H](C)C(F)(F)F)cn2)n(C2CCCCC2)c2ccc(F)cc12. The van der Waals surface area contributed by atoms with Gasteiger partial charge in [0.05, 0.1) is 24.1 Å². The van der Waals surface area contributed by atoms with Gasteiger partial charge in [0.2, 0.25) is 10.0 Å². The van der Waals surface area contributed by atoms with E-state index in [1.54, 1.807) is 10.8 Å². The van der Waals surface area contributed by atoms with Gasteiger partial charge in [-0.1, -0.05) is 19.3 Å². The summed E-state index contributed by atoms with van der Waals surface area (Å²) in [5.41, 5.74) is 1.25. The zero-order valence-corrected chi connectivity index (χ0v) is 20.4. The molecule has 0 saturated heterocycles. The van der Waals surface area contributed by atoms with Crippen LogP contribution in [0.15, 0.2) is 41.4 Å². The highest BCUT2D eigenvalue weighted by atomic mass is 32.2. The van der Waals surface area contributed by atoms with Gasteiger partial charge in [0.1, 0.15) is 16.8 Å². The van der Waals surface area contributed by atoms with Gasteiger partial charge in [0.15, 0.2) is 0 Å². The van der Waals surface area contributed by atoms with Crippen molar-refractivity contribution in [2.75, 3.05) is 7.11 Å². The highest BCUT2D eigenvalue weighted by molar-refractivity contribution is 7.89. The first-order chi connectivity index (χ1) is 16.9. The Kier molecular flexibility index (Phi) is 7.11. The lowest BCUT2D eigenvalue weighted by atomic mass is 9.95. The Morgan fingerprint density at radius 3 is 2.44 bits per heavy atom. The smallest absolute Gasteiger partial charge is 0.404 e. The number of hydrogen-bond donors (Lipinski definition) is 1. The van der Waals surface area contributed by atoms with Crippen molar-refractivity contribution in [2.24, 2.45) is 0 Å². The van der Waals surface area contributed by atoms with E-state index in [9.17, 15) is 30.8 Å². The highest BCUT2D eigenvalue weighted by Crippen LogP contribution is 2.41. The molecule has 7 nitrogen and oxygen atoms in total. The number of nitrogens with one attached hydrogen (secondary N) is 1. The van der Waals surface area contributed by atoms with E-state index in [0.29, 0.717) is 23.5 Å². The van der Waals surface area contributed by atoms with E-state index >= 15 is 0 Å². The van der Waals surface area contributed by atoms with E-state index in [2.05, 4.69) is 4.98 Å². The molecule has 1 saturated carbocycles. The topological polar surface area (TPSA) is 90.3 Å². The number of sulfonamides is 1. The van der Waals surface area contributed by atoms with Gasteiger partial charge < -0.3 is 9.30 Å². The van der Waals surface area contributed by atoms with Crippen molar-refractivity contribution in [3.05, 3.63) is 47.9 Å². The molecule has 1 aliphatic carbocycles. The molecule has 12 heteroatoms. The maximum atomic E-state index is 14.2. The molecule has 0 bridgehead atoms. The van der Waals surface area contributed by atoms with Gasteiger partial charge in [-0.15, -0.1) is 0 Å². The van der Waals surface area contributed by atoms with Crippen molar-refractivity contribution in [3.63, 3.8) is 0 Å². The summed E-state index contributed by atoms with van der Waals surface area (Å²) in [5.74, 6) is -1.26. The lowest BCUT2D eigenvalue weighted by molar-refractivity contribution is -0.147. The minimum Gasteiger partial charge on any atom is -0.465 e. The summed E-state index contributed by atoms with van der Waals surface area (Å²) in [5, 5.41) is 0.335. The molecular formula is C24H25F4N3O4S. The minimum absolute atomic E-state index is 0.0142. The second-order valence-corrected chi connectivity index (χ2v) is 10.5. The quantitative estimate of drug-likeness (QED) is 0.344. The van der Waals surface area contributed by atoms with Crippen LogP contribution >= 0.6 is 0 Å². The van der Waals surface area contributed by atoms with Crippen molar-refractivity contribution in [2.45, 2.75) is 62.2 Å². The number of methoxy groups -OCH3 is 1. The maximum Gasteiger partial charge on any atom is 0.404 e. The monoisotopic (exact) mass is 527 g/mol. The normalized spacial score (nSPS) is 16.3. The Hall–Kier alpha value is -2.99. The molecule has 36 heavy (non-hydrogen) atoms. The second-order valence-electron chi connectivity index (χ2n) is 8.80. The number of rotatable bonds is 6. The Morgan fingerprint density at radius 1 is 1.17 bits per heavy atom. The number of hydrogen-bond acceptors (Lipinski definition) is 5. The second kappa shape index (κ2) is 9.81. The first-order valence-corrected chi connectivity index (χ1v) is 12.9. The van der Waals surface area contributed by atoms with Gasteiger partial charge in [-0.25, -0.2) is 17.6 Å². The van der Waals surface area contributed by atoms with Crippen LogP contribution in [0, 0.1) is 5.82 Å². The van der Waals surface area contributed by atoms with Crippen LogP contribution in [0.5, 0.6) is 0 Å². The third-order valence-electron chi connectivity index (χ3n) is 6.41. The number of esters is 1. The number of carbonyl (C=O) groups is 1. The highest BCUT2D eigenvalue weighted by Gasteiger charge is 2.39. The standard InChI is InChI=1S/C24H25F4N3O4S/c1-14(24(26,27)28)30-36(33,34)17-9-10-19(29-13-17)22-21(23(32)35-2)18-12-15(25)8-11-20(18)31(22)16-6-4-3-5-7-16/h8-14,16,30H,3-7H2,1-2H3/t14-/m0/s1. The zero-order chi connectivity index (χ0) is 26.3. The van der Waals surface area contributed by atoms with E-state index < -0.39 is 38.9 Å². The summed E-state index contributed by atoms with van der Waals surface area (Å²) >= 11 is 0. The third kappa shape index (κ3) is 4.96. The summed E-state index contributed by atoms with van der Waals surface area (Å²) in [6, 6.07) is 4.25. The van der Waals surface area contributed by atoms with Crippen LogP contribution in [0.25, 0.3) is 22.3 Å². The molecule has 1 aromatic carbocycles. The fourth-order valence-corrected chi connectivity index (χ4v) is 5.79. The molecule has 2 aromatic heterocycles. The Labute approximate surface area is 205 Å². The molecule has 0 amide bonds. The van der Waals surface area contributed by atoms with Crippen LogP contribution in [0.1, 0.15) is 55.4 Å². The van der Waals surface area contributed by atoms with Gasteiger partial charge in [0, 0.05) is 23.1 Å². The van der Waals surface area contributed by atoms with Crippen LogP contribution in [0.2, 0.25) is 0 Å². The van der Waals surface area contributed by atoms with Crippen molar-refractivity contribution >= 4 is 26.9 Å². The summed E-state index contributed by atoms with van der Waals surface area (Å²) in [6.45, 7) is 0.698. The Bertz CT molecular complexity index is 1380. The summed E-state index contributed by atoms with van der Waals surface area (Å²) in [4.78, 5) is 16.6. The molecule has 3 aromatic rings. The molecule has 1 aliphatic rings. The number of nitrogens with zero attached hydrogens (tertiary/aromatic N) is 2. The minimum atomic E-state index is -4.76. The number of benzene rings is 1. The molecule has 4 rings (SSSR count). The van der Waals surface area contributed by atoms with Crippen molar-refractivity contribution in [1.82, 2.24) is 14.3 Å². The zero-order valence-electron chi connectivity index (χ0n) is 19.6. The number of carbonyl (C=O) groups excluding carboxylic acids is 1. The van der Waals surface area contributed by atoms with Crippen LogP contribution < -0.4 is 4.72 Å². The van der Waals surface area contributed by atoms with Crippen LogP contribution in [-0.4, -0.2) is 43.3 Å². The van der Waals surface area contributed by atoms with Crippen molar-refractivity contribution in [1.29, 1.82) is 0 Å². The predicted molar refractivity (Wildman–Crippen MR) is 124 cm³/mol. The predicted octanol–water partition coefficient (Wildman–Crippen LogP) is 5.36. The number of ether oxygens (including phenoxy) is 1. The average molecular weight is 528 g/mol. The average Bonchev–Trinajstić information content (AvgIpc) is 3.17. The summed E-state index contributed by atoms with van der Waals surface area (Å²) in [7, 11) is -3.31. The van der Waals surface area contributed by atoms with Gasteiger partial charge in [-0.05, 0) is 50.1 Å². The van der Waals surface area contributed by atoms with E-state index in [1.807, 2.05) is 4.57 Å². The molecule has 2 heterocycles. The molecule has 1 fully saturated rings. The van der Waals surface area contributed by atoms with Crippen molar-refractivity contribution < 1.29 is 35.5 Å². The fraction of sp³-hybridized carbons (Fsp3) is 0.417. The largest absolute Gasteiger partial charge is 0.465 e. The number of halogens is 4. The number of aromatic nitrogens is 2. The van der Waals surface area contributed by atoms with Gasteiger partial charge in [0.25, 0.3) is 0 Å². The van der Waals surface area contributed by atoms with Crippen molar-refractivity contribution in [3.8, 4) is 11.4 Å². The van der Waals surface area contributed by atoms with E-state index in [0.717, 1.165) is 44.4 Å². The lowest BCUT2D eigenvalue weighted by Gasteiger charge is -2.26. The molecule has 1 atom stereocenters. The molecule has 0 spiro atoms. The lowest BCUT2D eigenvalue weighted by Crippen LogP contribution is -2.42. The van der Waals surface area contributed by atoms with Gasteiger partial charge >= 0.3 is 12.1 Å². The Balaban J connectivity index is 1.87. The maximum absolute atomic E-state index is 14.2. The van der Waals surface area contributed by atoms with E-state index in [1.165, 1.54) is 25.3 Å². The molecule has 194 valence electrons. The van der Waals surface area contributed by atoms with Gasteiger partial charge in [-0.2, -0.15) is 17.9 Å². The van der Waals surface area contributed by atoms with Crippen LogP contribution in [0.4, 0.5) is 17.6 Å². The molecule has 1 N–H and O–H groups in total. The summed E-state index contributed by atoms with van der Waals surface area (Å²) in [6.07, 6.45) is 0.814. The van der Waals surface area contributed by atoms with Crippen LogP contribution in [0.3, 0.4) is 0 Å². The molecular weight excluding hydrogens is 502 g/mol. The Morgan fingerprint density at radius 2 is 1.86 bits per heavy atom. The number of pyridine rings is 1. The van der Waals surface area contributed by atoms with Crippen LogP contribution in [-0.2, 0) is 14.8 Å². The molecule has 0 unspecified atom stereocenters. The first-order valence-electron chi connectivity index (χ1n) is 11.4. The first kappa shape index (κ1) is 26.1. The molecule has 0 aliphatic heterocycles. The summed E-state index contributed by atoms with van der Waals surface area (Å²) < 4.78 is 86.3.